The molecule has 1 N–H and O–H groups in total. The molecule has 1 saturated heterocycles. The van der Waals surface area contributed by atoms with Crippen LogP contribution in [-0.4, -0.2) is 32.8 Å². The van der Waals surface area contributed by atoms with Crippen LogP contribution < -0.4 is 15.0 Å². The quantitative estimate of drug-likeness (QED) is 0.883. The summed E-state index contributed by atoms with van der Waals surface area (Å²) in [4.78, 5) is 2.34. The minimum Gasteiger partial charge on any atom is -0.494 e. The highest BCUT2D eigenvalue weighted by Gasteiger charge is 2.15. The SMILES string of the molecule is CCOc1ccc(N(C)CC2CCCCN2)cc1C. The molecule has 1 atom stereocenters. The van der Waals surface area contributed by atoms with E-state index in [9.17, 15) is 0 Å². The van der Waals surface area contributed by atoms with Gasteiger partial charge in [0.2, 0.25) is 0 Å². The van der Waals surface area contributed by atoms with Crippen molar-refractivity contribution >= 4 is 5.69 Å². The molecule has 1 heterocycles. The number of aryl methyl sites for hydroxylation is 1. The lowest BCUT2D eigenvalue weighted by Crippen LogP contribution is -2.42. The number of hydrogen-bond donors (Lipinski definition) is 1. The number of anilines is 1. The van der Waals surface area contributed by atoms with Gasteiger partial charge in [-0.1, -0.05) is 6.42 Å². The molecule has 0 aromatic heterocycles. The fourth-order valence-corrected chi connectivity index (χ4v) is 2.70. The van der Waals surface area contributed by atoms with Crippen LogP contribution in [0.15, 0.2) is 18.2 Å². The summed E-state index contributed by atoms with van der Waals surface area (Å²) >= 11 is 0. The third-order valence-corrected chi connectivity index (χ3v) is 3.81. The molecule has 0 bridgehead atoms. The maximum absolute atomic E-state index is 5.59. The number of nitrogens with one attached hydrogen (secondary N) is 1. The Kier molecular flexibility index (Phi) is 5.08. The van der Waals surface area contributed by atoms with Gasteiger partial charge in [-0.2, -0.15) is 0 Å². The molecule has 1 unspecified atom stereocenters. The molecule has 1 aliphatic heterocycles. The van der Waals surface area contributed by atoms with E-state index in [1.54, 1.807) is 0 Å². The van der Waals surface area contributed by atoms with Crippen molar-refractivity contribution in [3.8, 4) is 5.75 Å². The van der Waals surface area contributed by atoms with Crippen LogP contribution in [0.3, 0.4) is 0 Å². The van der Waals surface area contributed by atoms with Gasteiger partial charge >= 0.3 is 0 Å². The normalized spacial score (nSPS) is 19.2. The van der Waals surface area contributed by atoms with Crippen LogP contribution in [0.1, 0.15) is 31.7 Å². The molecule has 1 aromatic rings. The van der Waals surface area contributed by atoms with Crippen LogP contribution in [0.4, 0.5) is 5.69 Å². The third kappa shape index (κ3) is 3.87. The molecule has 1 aliphatic rings. The van der Waals surface area contributed by atoms with Gasteiger partial charge in [-0.3, -0.25) is 0 Å². The van der Waals surface area contributed by atoms with E-state index >= 15 is 0 Å². The summed E-state index contributed by atoms with van der Waals surface area (Å²) in [6, 6.07) is 7.08. The Balaban J connectivity index is 1.98. The summed E-state index contributed by atoms with van der Waals surface area (Å²) < 4.78 is 5.59. The number of hydrogen-bond acceptors (Lipinski definition) is 3. The van der Waals surface area contributed by atoms with Crippen molar-refractivity contribution in [2.45, 2.75) is 39.2 Å². The monoisotopic (exact) mass is 262 g/mol. The lowest BCUT2D eigenvalue weighted by Gasteiger charge is -2.29. The second-order valence-corrected chi connectivity index (χ2v) is 5.41. The average molecular weight is 262 g/mol. The Morgan fingerprint density at radius 1 is 1.37 bits per heavy atom. The van der Waals surface area contributed by atoms with Gasteiger partial charge in [0.05, 0.1) is 6.61 Å². The first-order valence-electron chi connectivity index (χ1n) is 7.38. The van der Waals surface area contributed by atoms with Crippen molar-refractivity contribution < 1.29 is 4.74 Å². The van der Waals surface area contributed by atoms with Gasteiger partial charge in [-0.25, -0.2) is 0 Å². The Bertz CT molecular complexity index is 400. The van der Waals surface area contributed by atoms with Crippen molar-refractivity contribution in [3.05, 3.63) is 23.8 Å². The molecule has 0 saturated carbocycles. The van der Waals surface area contributed by atoms with Crippen LogP contribution in [0.25, 0.3) is 0 Å². The summed E-state index contributed by atoms with van der Waals surface area (Å²) in [5.74, 6) is 0.996. The number of piperidine rings is 1. The Hall–Kier alpha value is -1.22. The molecular formula is C16H26N2O. The largest absolute Gasteiger partial charge is 0.494 e. The predicted molar refractivity (Wildman–Crippen MR) is 81.3 cm³/mol. The van der Waals surface area contributed by atoms with E-state index in [0.717, 1.165) is 18.9 Å². The Morgan fingerprint density at radius 2 is 2.21 bits per heavy atom. The summed E-state index contributed by atoms with van der Waals surface area (Å²) in [6.07, 6.45) is 3.97. The zero-order chi connectivity index (χ0) is 13.7. The highest BCUT2D eigenvalue weighted by atomic mass is 16.5. The number of benzene rings is 1. The maximum Gasteiger partial charge on any atom is 0.122 e. The molecule has 0 amide bonds. The predicted octanol–water partition coefficient (Wildman–Crippen LogP) is 2.97. The molecule has 0 aliphatic carbocycles. The fraction of sp³-hybridized carbons (Fsp3) is 0.625. The van der Waals surface area contributed by atoms with Crippen molar-refractivity contribution in [1.82, 2.24) is 5.32 Å². The smallest absolute Gasteiger partial charge is 0.122 e. The number of nitrogens with zero attached hydrogens (tertiary/aromatic N) is 1. The summed E-state index contributed by atoms with van der Waals surface area (Å²) in [5, 5.41) is 3.60. The van der Waals surface area contributed by atoms with Gasteiger partial charge in [0.25, 0.3) is 0 Å². The third-order valence-electron chi connectivity index (χ3n) is 3.81. The molecular weight excluding hydrogens is 236 g/mol. The maximum atomic E-state index is 5.59. The van der Waals surface area contributed by atoms with Crippen LogP contribution >= 0.6 is 0 Å². The first kappa shape index (κ1) is 14.2. The van der Waals surface area contributed by atoms with E-state index in [1.807, 2.05) is 6.92 Å². The van der Waals surface area contributed by atoms with Gasteiger partial charge in [0, 0.05) is 25.3 Å². The van der Waals surface area contributed by atoms with Crippen LogP contribution in [0.2, 0.25) is 0 Å². The second-order valence-electron chi connectivity index (χ2n) is 5.41. The molecule has 3 heteroatoms. The molecule has 2 rings (SSSR count). The first-order chi connectivity index (χ1) is 9.20. The Labute approximate surface area is 116 Å². The average Bonchev–Trinajstić information content (AvgIpc) is 2.42. The van der Waals surface area contributed by atoms with Crippen LogP contribution in [0, 0.1) is 6.92 Å². The van der Waals surface area contributed by atoms with Gasteiger partial charge in [0.15, 0.2) is 0 Å². The molecule has 19 heavy (non-hydrogen) atoms. The highest BCUT2D eigenvalue weighted by molar-refractivity contribution is 5.52. The van der Waals surface area contributed by atoms with Crippen LogP contribution in [-0.2, 0) is 0 Å². The lowest BCUT2D eigenvalue weighted by atomic mass is 10.0. The summed E-state index contributed by atoms with van der Waals surface area (Å²) in [5.41, 5.74) is 2.48. The van der Waals surface area contributed by atoms with E-state index in [2.05, 4.69) is 42.4 Å². The first-order valence-corrected chi connectivity index (χ1v) is 7.38. The highest BCUT2D eigenvalue weighted by Crippen LogP contribution is 2.24. The minimum absolute atomic E-state index is 0.630. The standard InChI is InChI=1S/C16H26N2O/c1-4-19-16-9-8-15(11-13(16)2)18(3)12-14-7-5-6-10-17-14/h8-9,11,14,17H,4-7,10,12H2,1-3H3. The topological polar surface area (TPSA) is 24.5 Å². The van der Waals surface area contributed by atoms with E-state index in [0.29, 0.717) is 6.04 Å². The molecule has 0 radical (unpaired) electrons. The van der Waals surface area contributed by atoms with Gasteiger partial charge in [-0.05, 0) is 57.0 Å². The fourth-order valence-electron chi connectivity index (χ4n) is 2.70. The lowest BCUT2D eigenvalue weighted by molar-refractivity contribution is 0.338. The van der Waals surface area contributed by atoms with Crippen molar-refractivity contribution in [2.24, 2.45) is 0 Å². The molecule has 1 aromatic carbocycles. The molecule has 106 valence electrons. The zero-order valence-electron chi connectivity index (χ0n) is 12.4. The van der Waals surface area contributed by atoms with Crippen molar-refractivity contribution in [2.75, 3.05) is 31.6 Å². The van der Waals surface area contributed by atoms with Crippen molar-refractivity contribution in [1.29, 1.82) is 0 Å². The number of likely N-dealkylation sites (N-methyl/N-ethyl adjacent to an activating group) is 1. The zero-order valence-corrected chi connectivity index (χ0v) is 12.4. The summed E-state index contributed by atoms with van der Waals surface area (Å²) in [6.45, 7) is 7.10. The number of rotatable bonds is 5. The minimum atomic E-state index is 0.630. The van der Waals surface area contributed by atoms with Gasteiger partial charge in [0.1, 0.15) is 5.75 Å². The van der Waals surface area contributed by atoms with E-state index in [-0.39, 0.29) is 0 Å². The number of ether oxygens (including phenoxy) is 1. The second kappa shape index (κ2) is 6.80. The molecule has 3 nitrogen and oxygen atoms in total. The van der Waals surface area contributed by atoms with Crippen molar-refractivity contribution in [3.63, 3.8) is 0 Å². The van der Waals surface area contributed by atoms with Crippen LogP contribution in [0.5, 0.6) is 5.75 Å². The van der Waals surface area contributed by atoms with E-state index in [1.165, 1.54) is 37.1 Å². The van der Waals surface area contributed by atoms with Gasteiger partial charge in [-0.15, -0.1) is 0 Å². The van der Waals surface area contributed by atoms with E-state index in [4.69, 9.17) is 4.74 Å². The Morgan fingerprint density at radius 3 is 2.84 bits per heavy atom. The summed E-state index contributed by atoms with van der Waals surface area (Å²) in [7, 11) is 2.17. The molecule has 0 spiro atoms. The van der Waals surface area contributed by atoms with Gasteiger partial charge < -0.3 is 15.0 Å². The molecule has 1 fully saturated rings. The van der Waals surface area contributed by atoms with E-state index < -0.39 is 0 Å².